The first-order chi connectivity index (χ1) is 10.6. The maximum atomic E-state index is 12.0. The molecule has 2 aliphatic rings. The van der Waals surface area contributed by atoms with E-state index in [1.807, 2.05) is 6.92 Å². The zero-order chi connectivity index (χ0) is 15.8. The van der Waals surface area contributed by atoms with Gasteiger partial charge in [0, 0.05) is 32.6 Å². The molecule has 6 nitrogen and oxygen atoms in total. The lowest BCUT2D eigenvalue weighted by Gasteiger charge is -2.31. The molecule has 126 valence electrons. The Bertz CT molecular complexity index is 370. The van der Waals surface area contributed by atoms with Crippen LogP contribution in [0.3, 0.4) is 0 Å². The molecular formula is C16H29N3O3. The topological polar surface area (TPSA) is 70.7 Å². The van der Waals surface area contributed by atoms with Gasteiger partial charge in [0.05, 0.1) is 12.7 Å². The molecule has 2 rings (SSSR count). The highest BCUT2D eigenvalue weighted by Crippen LogP contribution is 2.25. The van der Waals surface area contributed by atoms with E-state index in [1.165, 1.54) is 32.1 Å². The number of carbonyl (C=O) groups is 2. The quantitative estimate of drug-likeness (QED) is 0.756. The van der Waals surface area contributed by atoms with E-state index < -0.39 is 0 Å². The first-order valence-corrected chi connectivity index (χ1v) is 8.56. The van der Waals surface area contributed by atoms with Crippen molar-refractivity contribution in [3.63, 3.8) is 0 Å². The zero-order valence-corrected chi connectivity index (χ0v) is 13.6. The van der Waals surface area contributed by atoms with Crippen LogP contribution in [0.15, 0.2) is 0 Å². The fraction of sp³-hybridized carbons (Fsp3) is 0.875. The van der Waals surface area contributed by atoms with Crippen LogP contribution in [0.5, 0.6) is 0 Å². The van der Waals surface area contributed by atoms with Gasteiger partial charge in [-0.1, -0.05) is 19.3 Å². The van der Waals surface area contributed by atoms with Crippen LogP contribution >= 0.6 is 0 Å². The highest BCUT2D eigenvalue weighted by molar-refractivity contribution is 5.76. The van der Waals surface area contributed by atoms with Crippen molar-refractivity contribution in [1.82, 2.24) is 15.5 Å². The van der Waals surface area contributed by atoms with Crippen molar-refractivity contribution < 1.29 is 14.3 Å². The standard InChI is InChI=1S/C16H29N3O3/c1-13-12-19(9-10-22-13)16(21)18-8-7-17-15(20)11-14-5-3-2-4-6-14/h13-14H,2-12H2,1H3,(H,17,20)(H,18,21)/t13-/m1/s1. The van der Waals surface area contributed by atoms with Crippen molar-refractivity contribution in [2.45, 2.75) is 51.6 Å². The summed E-state index contributed by atoms with van der Waals surface area (Å²) in [6, 6.07) is -0.0725. The van der Waals surface area contributed by atoms with Crippen molar-refractivity contribution >= 4 is 11.9 Å². The predicted octanol–water partition coefficient (Wildman–Crippen LogP) is 1.50. The third kappa shape index (κ3) is 5.83. The van der Waals surface area contributed by atoms with Gasteiger partial charge in [0.1, 0.15) is 0 Å². The first-order valence-electron chi connectivity index (χ1n) is 8.56. The largest absolute Gasteiger partial charge is 0.375 e. The first kappa shape index (κ1) is 17.1. The molecule has 0 aromatic rings. The summed E-state index contributed by atoms with van der Waals surface area (Å²) in [7, 11) is 0. The fourth-order valence-electron chi connectivity index (χ4n) is 3.21. The van der Waals surface area contributed by atoms with Gasteiger partial charge in [0.15, 0.2) is 0 Å². The van der Waals surface area contributed by atoms with Gasteiger partial charge in [-0.15, -0.1) is 0 Å². The van der Waals surface area contributed by atoms with Crippen LogP contribution in [0.1, 0.15) is 45.4 Å². The highest BCUT2D eigenvalue weighted by atomic mass is 16.5. The van der Waals surface area contributed by atoms with Gasteiger partial charge in [-0.05, 0) is 25.7 Å². The van der Waals surface area contributed by atoms with Gasteiger partial charge in [0.25, 0.3) is 0 Å². The van der Waals surface area contributed by atoms with E-state index in [0.717, 1.165) is 0 Å². The molecule has 0 spiro atoms. The molecule has 1 heterocycles. The van der Waals surface area contributed by atoms with Crippen LogP contribution in [0.4, 0.5) is 4.79 Å². The van der Waals surface area contributed by atoms with E-state index in [9.17, 15) is 9.59 Å². The summed E-state index contributed by atoms with van der Waals surface area (Å²) in [6.07, 6.45) is 6.91. The average Bonchev–Trinajstić information content (AvgIpc) is 2.52. The molecule has 22 heavy (non-hydrogen) atoms. The highest BCUT2D eigenvalue weighted by Gasteiger charge is 2.21. The molecule has 0 aromatic carbocycles. The van der Waals surface area contributed by atoms with Crippen molar-refractivity contribution in [2.24, 2.45) is 5.92 Å². The minimum absolute atomic E-state index is 0.0725. The number of rotatable bonds is 5. The Labute approximate surface area is 132 Å². The molecule has 6 heteroatoms. The molecule has 2 fully saturated rings. The normalized spacial score (nSPS) is 23.1. The molecule has 2 N–H and O–H groups in total. The Kier molecular flexibility index (Phi) is 6.96. The number of ether oxygens (including phenoxy) is 1. The number of hydrogen-bond donors (Lipinski definition) is 2. The lowest BCUT2D eigenvalue weighted by molar-refractivity contribution is -0.122. The summed E-state index contributed by atoms with van der Waals surface area (Å²) >= 11 is 0. The fourth-order valence-corrected chi connectivity index (χ4v) is 3.21. The Morgan fingerprint density at radius 2 is 1.86 bits per heavy atom. The molecule has 1 saturated carbocycles. The minimum atomic E-state index is -0.0725. The number of carbonyl (C=O) groups excluding carboxylic acids is 2. The smallest absolute Gasteiger partial charge is 0.317 e. The molecule has 0 unspecified atom stereocenters. The van der Waals surface area contributed by atoms with Crippen LogP contribution < -0.4 is 10.6 Å². The van der Waals surface area contributed by atoms with Crippen LogP contribution in [-0.4, -0.2) is 55.7 Å². The second-order valence-corrected chi connectivity index (χ2v) is 6.42. The number of nitrogens with one attached hydrogen (secondary N) is 2. The predicted molar refractivity (Wildman–Crippen MR) is 84.6 cm³/mol. The van der Waals surface area contributed by atoms with Crippen molar-refractivity contribution in [2.75, 3.05) is 32.8 Å². The second-order valence-electron chi connectivity index (χ2n) is 6.42. The van der Waals surface area contributed by atoms with Gasteiger partial charge >= 0.3 is 6.03 Å². The molecule has 1 atom stereocenters. The van der Waals surface area contributed by atoms with Crippen molar-refractivity contribution in [3.05, 3.63) is 0 Å². The Morgan fingerprint density at radius 3 is 2.59 bits per heavy atom. The second kappa shape index (κ2) is 8.98. The number of hydrogen-bond acceptors (Lipinski definition) is 3. The Hall–Kier alpha value is -1.30. The monoisotopic (exact) mass is 311 g/mol. The summed E-state index contributed by atoms with van der Waals surface area (Å²) < 4.78 is 5.41. The molecule has 1 saturated heterocycles. The molecule has 0 aromatic heterocycles. The third-order valence-corrected chi connectivity index (χ3v) is 4.45. The maximum Gasteiger partial charge on any atom is 0.317 e. The van der Waals surface area contributed by atoms with Crippen LogP contribution in [0.2, 0.25) is 0 Å². The lowest BCUT2D eigenvalue weighted by atomic mass is 9.87. The van der Waals surface area contributed by atoms with Gasteiger partial charge in [-0.25, -0.2) is 4.79 Å². The van der Waals surface area contributed by atoms with Gasteiger partial charge in [0.2, 0.25) is 5.91 Å². The van der Waals surface area contributed by atoms with Crippen molar-refractivity contribution in [1.29, 1.82) is 0 Å². The molecule has 3 amide bonds. The van der Waals surface area contributed by atoms with E-state index in [2.05, 4.69) is 10.6 Å². The maximum absolute atomic E-state index is 12.0. The number of amides is 3. The third-order valence-electron chi connectivity index (χ3n) is 4.45. The number of urea groups is 1. The molecule has 1 aliphatic carbocycles. The van der Waals surface area contributed by atoms with Gasteiger partial charge in [-0.3, -0.25) is 4.79 Å². The van der Waals surface area contributed by atoms with Gasteiger partial charge in [-0.2, -0.15) is 0 Å². The summed E-state index contributed by atoms with van der Waals surface area (Å²) in [4.78, 5) is 25.6. The summed E-state index contributed by atoms with van der Waals surface area (Å²) in [5, 5.41) is 5.75. The molecular weight excluding hydrogens is 282 g/mol. The van der Waals surface area contributed by atoms with E-state index in [4.69, 9.17) is 4.74 Å². The van der Waals surface area contributed by atoms with Gasteiger partial charge < -0.3 is 20.3 Å². The number of nitrogens with zero attached hydrogens (tertiary/aromatic N) is 1. The molecule has 1 aliphatic heterocycles. The Morgan fingerprint density at radius 1 is 1.14 bits per heavy atom. The average molecular weight is 311 g/mol. The van der Waals surface area contributed by atoms with Crippen LogP contribution in [0, 0.1) is 5.92 Å². The van der Waals surface area contributed by atoms with E-state index in [-0.39, 0.29) is 18.0 Å². The van der Waals surface area contributed by atoms with Crippen LogP contribution in [-0.2, 0) is 9.53 Å². The molecule has 0 radical (unpaired) electrons. The van der Waals surface area contributed by atoms with Crippen LogP contribution in [0.25, 0.3) is 0 Å². The van der Waals surface area contributed by atoms with E-state index >= 15 is 0 Å². The zero-order valence-electron chi connectivity index (χ0n) is 13.6. The Balaban J connectivity index is 1.54. The lowest BCUT2D eigenvalue weighted by Crippen LogP contribution is -2.50. The summed E-state index contributed by atoms with van der Waals surface area (Å²) in [5.74, 6) is 0.666. The summed E-state index contributed by atoms with van der Waals surface area (Å²) in [6.45, 7) is 4.78. The number of morpholine rings is 1. The minimum Gasteiger partial charge on any atom is -0.375 e. The van der Waals surface area contributed by atoms with Crippen molar-refractivity contribution in [3.8, 4) is 0 Å². The van der Waals surface area contributed by atoms with E-state index in [1.54, 1.807) is 4.90 Å². The molecule has 0 bridgehead atoms. The van der Waals surface area contributed by atoms with E-state index in [0.29, 0.717) is 45.1 Å². The SMILES string of the molecule is C[C@@H]1CN(C(=O)NCCNC(=O)CC2CCCCC2)CCO1. The summed E-state index contributed by atoms with van der Waals surface area (Å²) in [5.41, 5.74) is 0.